The molecule has 0 fully saturated rings. The van der Waals surface area contributed by atoms with Crippen molar-refractivity contribution in [1.82, 2.24) is 29.5 Å². The van der Waals surface area contributed by atoms with Gasteiger partial charge in [-0.15, -0.1) is 11.3 Å². The molecule has 0 aliphatic carbocycles. The van der Waals surface area contributed by atoms with Gasteiger partial charge in [-0.25, -0.2) is 9.97 Å². The van der Waals surface area contributed by atoms with E-state index in [0.717, 1.165) is 10.7 Å². The maximum atomic E-state index is 5.90. The number of halogens is 1. The fraction of sp³-hybridized carbons (Fsp3) is 0.182. The van der Waals surface area contributed by atoms with Gasteiger partial charge >= 0.3 is 0 Å². The summed E-state index contributed by atoms with van der Waals surface area (Å²) >= 11 is 7.49. The summed E-state index contributed by atoms with van der Waals surface area (Å²) in [6.07, 6.45) is 4.97. The van der Waals surface area contributed by atoms with Crippen LogP contribution in [0.5, 0.6) is 0 Å². The molecule has 3 aromatic rings. The first-order valence-corrected chi connectivity index (χ1v) is 7.01. The predicted octanol–water partition coefficient (Wildman–Crippen LogP) is 2.09. The first-order valence-electron chi connectivity index (χ1n) is 5.75. The van der Waals surface area contributed by atoms with Crippen molar-refractivity contribution in [3.05, 3.63) is 40.1 Å². The lowest BCUT2D eigenvalue weighted by molar-refractivity contribution is 0.887. The molecule has 7 nitrogen and oxygen atoms in total. The molecule has 0 bridgehead atoms. The maximum absolute atomic E-state index is 5.90. The van der Waals surface area contributed by atoms with Gasteiger partial charge in [0.1, 0.15) is 11.3 Å². The summed E-state index contributed by atoms with van der Waals surface area (Å²) in [6.45, 7) is 2.50. The number of nitrogens with zero attached hydrogens (tertiary/aromatic N) is 6. The Hall–Kier alpha value is -2.06. The van der Waals surface area contributed by atoms with Crippen molar-refractivity contribution in [2.24, 2.45) is 0 Å². The zero-order chi connectivity index (χ0) is 13.9. The Morgan fingerprint density at radius 1 is 1.30 bits per heavy atom. The molecule has 0 saturated carbocycles. The third kappa shape index (κ3) is 2.91. The Labute approximate surface area is 123 Å². The van der Waals surface area contributed by atoms with E-state index in [-0.39, 0.29) is 5.28 Å². The lowest BCUT2D eigenvalue weighted by atomic mass is 10.6. The standard InChI is InChI=1S/C11H10ClN7S/c1-7-5-20-8(15-7)4-14-10-16-9(12)17-11(18-10)19-3-2-13-6-19/h2-3,5-6H,4H2,1H3,(H,14,16,17,18). The molecule has 20 heavy (non-hydrogen) atoms. The Morgan fingerprint density at radius 2 is 2.20 bits per heavy atom. The highest BCUT2D eigenvalue weighted by Gasteiger charge is 2.07. The molecular weight excluding hydrogens is 298 g/mol. The van der Waals surface area contributed by atoms with Gasteiger partial charge in [0.15, 0.2) is 0 Å². The molecule has 1 N–H and O–H groups in total. The highest BCUT2D eigenvalue weighted by Crippen LogP contribution is 2.13. The molecule has 9 heteroatoms. The first-order chi connectivity index (χ1) is 9.70. The molecule has 0 amide bonds. The minimum Gasteiger partial charge on any atom is -0.348 e. The van der Waals surface area contributed by atoms with Gasteiger partial charge in [0.2, 0.25) is 17.2 Å². The lowest BCUT2D eigenvalue weighted by Crippen LogP contribution is -2.08. The van der Waals surface area contributed by atoms with Crippen LogP contribution in [0.15, 0.2) is 24.1 Å². The van der Waals surface area contributed by atoms with Crippen LogP contribution in [0.25, 0.3) is 5.95 Å². The molecule has 0 aliphatic rings. The van der Waals surface area contributed by atoms with E-state index in [1.165, 1.54) is 0 Å². The predicted molar refractivity (Wildman–Crippen MR) is 76.1 cm³/mol. The highest BCUT2D eigenvalue weighted by molar-refractivity contribution is 7.09. The van der Waals surface area contributed by atoms with E-state index < -0.39 is 0 Å². The summed E-state index contributed by atoms with van der Waals surface area (Å²) < 4.78 is 1.66. The minimum atomic E-state index is 0.126. The topological polar surface area (TPSA) is 81.4 Å². The minimum absolute atomic E-state index is 0.126. The Balaban J connectivity index is 1.79. The fourth-order valence-corrected chi connectivity index (χ4v) is 2.42. The van der Waals surface area contributed by atoms with Gasteiger partial charge in [0.05, 0.1) is 6.54 Å². The molecule has 0 saturated heterocycles. The first kappa shape index (κ1) is 12.9. The van der Waals surface area contributed by atoms with E-state index >= 15 is 0 Å². The molecule has 0 aromatic carbocycles. The largest absolute Gasteiger partial charge is 0.348 e. The van der Waals surface area contributed by atoms with Crippen molar-refractivity contribution in [2.45, 2.75) is 13.5 Å². The fourth-order valence-electron chi connectivity index (χ4n) is 1.55. The van der Waals surface area contributed by atoms with Crippen LogP contribution in [0.2, 0.25) is 5.28 Å². The zero-order valence-corrected chi connectivity index (χ0v) is 12.1. The SMILES string of the molecule is Cc1csc(CNc2nc(Cl)nc(-n3ccnc3)n2)n1. The van der Waals surface area contributed by atoms with Crippen molar-refractivity contribution in [3.63, 3.8) is 0 Å². The van der Waals surface area contributed by atoms with Gasteiger partial charge in [0, 0.05) is 23.5 Å². The number of aromatic nitrogens is 6. The van der Waals surface area contributed by atoms with Crippen molar-refractivity contribution in [3.8, 4) is 5.95 Å². The number of hydrogen-bond donors (Lipinski definition) is 1. The van der Waals surface area contributed by atoms with Crippen molar-refractivity contribution in [2.75, 3.05) is 5.32 Å². The number of rotatable bonds is 4. The Morgan fingerprint density at radius 3 is 2.90 bits per heavy atom. The summed E-state index contributed by atoms with van der Waals surface area (Å²) in [7, 11) is 0. The van der Waals surface area contributed by atoms with E-state index in [1.54, 1.807) is 34.6 Å². The molecule has 3 aromatic heterocycles. The number of hydrogen-bond acceptors (Lipinski definition) is 7. The van der Waals surface area contributed by atoms with Crippen molar-refractivity contribution in [1.29, 1.82) is 0 Å². The highest BCUT2D eigenvalue weighted by atomic mass is 35.5. The quantitative estimate of drug-likeness (QED) is 0.795. The molecule has 0 atom stereocenters. The van der Waals surface area contributed by atoms with Gasteiger partial charge in [-0.05, 0) is 18.5 Å². The number of imidazole rings is 1. The van der Waals surface area contributed by atoms with E-state index in [2.05, 4.69) is 30.2 Å². The number of nitrogens with one attached hydrogen (secondary N) is 1. The van der Waals surface area contributed by atoms with Crippen molar-refractivity contribution >= 4 is 28.9 Å². The van der Waals surface area contributed by atoms with E-state index in [0.29, 0.717) is 18.4 Å². The molecule has 0 aliphatic heterocycles. The van der Waals surface area contributed by atoms with Gasteiger partial charge in [0.25, 0.3) is 0 Å². The van der Waals surface area contributed by atoms with Gasteiger partial charge in [-0.1, -0.05) is 0 Å². The van der Waals surface area contributed by atoms with Gasteiger partial charge in [-0.3, -0.25) is 4.57 Å². The second-order valence-corrected chi connectivity index (χ2v) is 5.21. The number of aryl methyl sites for hydroxylation is 1. The molecule has 0 spiro atoms. The summed E-state index contributed by atoms with van der Waals surface area (Å²) in [4.78, 5) is 20.7. The Kier molecular flexibility index (Phi) is 3.57. The maximum Gasteiger partial charge on any atom is 0.241 e. The monoisotopic (exact) mass is 307 g/mol. The Bertz CT molecular complexity index is 709. The third-order valence-electron chi connectivity index (χ3n) is 2.40. The van der Waals surface area contributed by atoms with Crippen LogP contribution in [-0.2, 0) is 6.54 Å². The van der Waals surface area contributed by atoms with E-state index in [1.807, 2.05) is 12.3 Å². The molecule has 0 radical (unpaired) electrons. The molecule has 102 valence electrons. The number of anilines is 1. The lowest BCUT2D eigenvalue weighted by Gasteiger charge is -2.05. The normalized spacial score (nSPS) is 10.7. The summed E-state index contributed by atoms with van der Waals surface area (Å²) in [5.41, 5.74) is 1.000. The van der Waals surface area contributed by atoms with Crippen LogP contribution in [0, 0.1) is 6.92 Å². The molecule has 3 rings (SSSR count). The molecule has 3 heterocycles. The van der Waals surface area contributed by atoms with Crippen LogP contribution in [-0.4, -0.2) is 29.5 Å². The van der Waals surface area contributed by atoms with Gasteiger partial charge < -0.3 is 5.32 Å². The smallest absolute Gasteiger partial charge is 0.241 e. The van der Waals surface area contributed by atoms with Crippen LogP contribution < -0.4 is 5.32 Å². The van der Waals surface area contributed by atoms with Crippen LogP contribution in [0.3, 0.4) is 0 Å². The second-order valence-electron chi connectivity index (χ2n) is 3.93. The van der Waals surface area contributed by atoms with Crippen LogP contribution in [0.1, 0.15) is 10.7 Å². The molecule has 0 unspecified atom stereocenters. The van der Waals surface area contributed by atoms with Gasteiger partial charge in [-0.2, -0.15) is 15.0 Å². The average molecular weight is 308 g/mol. The van der Waals surface area contributed by atoms with Crippen LogP contribution >= 0.6 is 22.9 Å². The zero-order valence-electron chi connectivity index (χ0n) is 10.5. The number of thiazole rings is 1. The van der Waals surface area contributed by atoms with E-state index in [4.69, 9.17) is 11.6 Å². The molecular formula is C11H10ClN7S. The van der Waals surface area contributed by atoms with Crippen LogP contribution in [0.4, 0.5) is 5.95 Å². The van der Waals surface area contributed by atoms with Crippen molar-refractivity contribution < 1.29 is 0 Å². The second kappa shape index (κ2) is 5.51. The average Bonchev–Trinajstić information content (AvgIpc) is 3.07. The summed E-state index contributed by atoms with van der Waals surface area (Å²) in [5, 5.41) is 6.17. The third-order valence-corrected chi connectivity index (χ3v) is 3.53. The summed E-state index contributed by atoms with van der Waals surface area (Å²) in [6, 6.07) is 0. The van der Waals surface area contributed by atoms with E-state index in [9.17, 15) is 0 Å². The summed E-state index contributed by atoms with van der Waals surface area (Å²) in [5.74, 6) is 0.821.